The summed E-state index contributed by atoms with van der Waals surface area (Å²) in [6.45, 7) is 0. The molecule has 0 aliphatic rings. The lowest BCUT2D eigenvalue weighted by Crippen LogP contribution is -2.14. The van der Waals surface area contributed by atoms with Gasteiger partial charge in [-0.05, 0) is 42.5 Å². The molecule has 0 aliphatic carbocycles. The Morgan fingerprint density at radius 3 is 2.05 bits per heavy atom. The fourth-order valence-electron chi connectivity index (χ4n) is 1.60. The van der Waals surface area contributed by atoms with Crippen molar-refractivity contribution in [1.29, 1.82) is 0 Å². The van der Waals surface area contributed by atoms with Gasteiger partial charge in [-0.1, -0.05) is 23.2 Å². The molecule has 0 saturated carbocycles. The minimum Gasteiger partial charge on any atom is -0.278 e. The molecular formula is C13H8Cl2F3NO2S. The molecule has 0 amide bonds. The van der Waals surface area contributed by atoms with Crippen LogP contribution < -0.4 is 4.72 Å². The van der Waals surface area contributed by atoms with Crippen molar-refractivity contribution in [2.75, 3.05) is 4.72 Å². The molecule has 0 aromatic heterocycles. The molecule has 0 heterocycles. The average molecular weight is 370 g/mol. The van der Waals surface area contributed by atoms with Crippen LogP contribution in [0.3, 0.4) is 0 Å². The second-order valence-corrected chi connectivity index (χ2v) is 6.78. The molecule has 3 nitrogen and oxygen atoms in total. The Bertz CT molecular complexity index is 790. The first-order valence-electron chi connectivity index (χ1n) is 5.75. The molecule has 0 aliphatic heterocycles. The van der Waals surface area contributed by atoms with E-state index in [1.54, 1.807) is 0 Å². The molecule has 118 valence electrons. The van der Waals surface area contributed by atoms with Crippen LogP contribution in [0.2, 0.25) is 10.0 Å². The molecule has 9 heteroatoms. The molecule has 2 rings (SSSR count). The summed E-state index contributed by atoms with van der Waals surface area (Å²) in [7, 11) is -4.06. The smallest absolute Gasteiger partial charge is 0.278 e. The van der Waals surface area contributed by atoms with Crippen molar-refractivity contribution in [3.8, 4) is 0 Å². The van der Waals surface area contributed by atoms with Crippen molar-refractivity contribution in [3.63, 3.8) is 0 Å². The first kappa shape index (κ1) is 16.9. The van der Waals surface area contributed by atoms with E-state index in [1.165, 1.54) is 18.2 Å². The Hall–Kier alpha value is -1.44. The summed E-state index contributed by atoms with van der Waals surface area (Å²) < 4.78 is 63.8. The monoisotopic (exact) mass is 369 g/mol. The Morgan fingerprint density at radius 1 is 0.955 bits per heavy atom. The fourth-order valence-corrected chi connectivity index (χ4v) is 3.19. The SMILES string of the molecule is O=S(=O)(Nc1ccc(Cl)cc1Cl)c1ccc(C(F)(F)F)cc1. The van der Waals surface area contributed by atoms with Gasteiger partial charge in [-0.2, -0.15) is 13.2 Å². The summed E-state index contributed by atoms with van der Waals surface area (Å²) in [5.74, 6) is 0. The highest BCUT2D eigenvalue weighted by Gasteiger charge is 2.30. The number of hydrogen-bond donors (Lipinski definition) is 1. The molecule has 0 saturated heterocycles. The normalized spacial score (nSPS) is 12.2. The Kier molecular flexibility index (Phi) is 4.60. The Labute approximate surface area is 134 Å². The van der Waals surface area contributed by atoms with Gasteiger partial charge >= 0.3 is 6.18 Å². The van der Waals surface area contributed by atoms with Gasteiger partial charge in [-0.15, -0.1) is 0 Å². The van der Waals surface area contributed by atoms with Gasteiger partial charge in [0, 0.05) is 5.02 Å². The lowest BCUT2D eigenvalue weighted by Gasteiger charge is -2.11. The quantitative estimate of drug-likeness (QED) is 0.843. The van der Waals surface area contributed by atoms with Crippen LogP contribution in [0.15, 0.2) is 47.4 Å². The van der Waals surface area contributed by atoms with Gasteiger partial charge in [0.2, 0.25) is 0 Å². The largest absolute Gasteiger partial charge is 0.416 e. The van der Waals surface area contributed by atoms with Crippen molar-refractivity contribution < 1.29 is 21.6 Å². The van der Waals surface area contributed by atoms with E-state index in [9.17, 15) is 21.6 Å². The summed E-state index contributed by atoms with van der Waals surface area (Å²) in [5.41, 5.74) is -0.859. The van der Waals surface area contributed by atoms with Crippen LogP contribution in [0, 0.1) is 0 Å². The van der Waals surface area contributed by atoms with Crippen LogP contribution in [0.1, 0.15) is 5.56 Å². The minimum atomic E-state index is -4.53. The zero-order chi connectivity index (χ0) is 16.5. The summed E-state index contributed by atoms with van der Waals surface area (Å²) in [6, 6.07) is 7.25. The maximum atomic E-state index is 12.5. The van der Waals surface area contributed by atoms with E-state index >= 15 is 0 Å². The molecule has 0 radical (unpaired) electrons. The van der Waals surface area contributed by atoms with Gasteiger partial charge < -0.3 is 0 Å². The predicted molar refractivity (Wildman–Crippen MR) is 78.7 cm³/mol. The highest BCUT2D eigenvalue weighted by molar-refractivity contribution is 7.92. The van der Waals surface area contributed by atoms with E-state index in [4.69, 9.17) is 23.2 Å². The summed E-state index contributed by atoms with van der Waals surface area (Å²) in [5, 5.41) is 0.394. The van der Waals surface area contributed by atoms with Gasteiger partial charge in [-0.3, -0.25) is 4.72 Å². The van der Waals surface area contributed by atoms with Gasteiger partial charge in [0.25, 0.3) is 10.0 Å². The van der Waals surface area contributed by atoms with Crippen molar-refractivity contribution in [1.82, 2.24) is 0 Å². The molecular weight excluding hydrogens is 362 g/mol. The lowest BCUT2D eigenvalue weighted by atomic mass is 10.2. The highest BCUT2D eigenvalue weighted by Crippen LogP contribution is 2.31. The van der Waals surface area contributed by atoms with Gasteiger partial charge in [0.15, 0.2) is 0 Å². The third-order valence-electron chi connectivity index (χ3n) is 2.67. The number of alkyl halides is 3. The number of benzene rings is 2. The maximum absolute atomic E-state index is 12.5. The number of sulfonamides is 1. The van der Waals surface area contributed by atoms with Gasteiger partial charge in [-0.25, -0.2) is 8.42 Å². The van der Waals surface area contributed by atoms with Crippen LogP contribution in [0.5, 0.6) is 0 Å². The predicted octanol–water partition coefficient (Wildman–Crippen LogP) is 4.81. The van der Waals surface area contributed by atoms with E-state index in [0.717, 1.165) is 12.1 Å². The van der Waals surface area contributed by atoms with E-state index in [-0.39, 0.29) is 15.6 Å². The molecule has 2 aromatic rings. The number of rotatable bonds is 3. The minimum absolute atomic E-state index is 0.0722. The molecule has 0 bridgehead atoms. The molecule has 0 atom stereocenters. The number of nitrogens with one attached hydrogen (secondary N) is 1. The maximum Gasteiger partial charge on any atom is 0.416 e. The lowest BCUT2D eigenvalue weighted by molar-refractivity contribution is -0.137. The molecule has 1 N–H and O–H groups in total. The first-order chi connectivity index (χ1) is 10.1. The molecule has 2 aromatic carbocycles. The second-order valence-electron chi connectivity index (χ2n) is 4.25. The van der Waals surface area contributed by atoms with Crippen LogP contribution in [-0.2, 0) is 16.2 Å². The van der Waals surface area contributed by atoms with E-state index in [1.807, 2.05) is 0 Å². The average Bonchev–Trinajstić information content (AvgIpc) is 2.41. The molecule has 0 spiro atoms. The topological polar surface area (TPSA) is 46.2 Å². The Morgan fingerprint density at radius 2 is 1.55 bits per heavy atom. The van der Waals surface area contributed by atoms with E-state index in [2.05, 4.69) is 4.72 Å². The summed E-state index contributed by atoms with van der Waals surface area (Å²) >= 11 is 11.5. The standard InChI is InChI=1S/C13H8Cl2F3NO2S/c14-9-3-6-12(11(15)7-9)19-22(20,21)10-4-1-8(2-5-10)13(16,17)18/h1-7,19H. The van der Waals surface area contributed by atoms with Crippen LogP contribution in [-0.4, -0.2) is 8.42 Å². The molecule has 22 heavy (non-hydrogen) atoms. The van der Waals surface area contributed by atoms with Crippen molar-refractivity contribution in [2.45, 2.75) is 11.1 Å². The third-order valence-corrected chi connectivity index (χ3v) is 4.60. The van der Waals surface area contributed by atoms with Gasteiger partial charge in [0.05, 0.1) is 21.2 Å². The number of anilines is 1. The van der Waals surface area contributed by atoms with Crippen LogP contribution in [0.4, 0.5) is 18.9 Å². The van der Waals surface area contributed by atoms with Crippen molar-refractivity contribution in [2.24, 2.45) is 0 Å². The van der Waals surface area contributed by atoms with E-state index < -0.39 is 21.8 Å². The van der Waals surface area contributed by atoms with Crippen LogP contribution >= 0.6 is 23.2 Å². The highest BCUT2D eigenvalue weighted by atomic mass is 35.5. The van der Waals surface area contributed by atoms with Gasteiger partial charge in [0.1, 0.15) is 0 Å². The zero-order valence-corrected chi connectivity index (χ0v) is 13.0. The summed E-state index contributed by atoms with van der Waals surface area (Å²) in [6.07, 6.45) is -4.53. The van der Waals surface area contributed by atoms with Crippen molar-refractivity contribution in [3.05, 3.63) is 58.1 Å². The van der Waals surface area contributed by atoms with Crippen molar-refractivity contribution >= 4 is 38.9 Å². The molecule has 0 unspecified atom stereocenters. The number of halogens is 5. The third kappa shape index (κ3) is 3.85. The summed E-state index contributed by atoms with van der Waals surface area (Å²) in [4.78, 5) is -0.313. The zero-order valence-electron chi connectivity index (χ0n) is 10.7. The second kappa shape index (κ2) is 5.98. The number of hydrogen-bond acceptors (Lipinski definition) is 2. The Balaban J connectivity index is 2.31. The van der Waals surface area contributed by atoms with Crippen LogP contribution in [0.25, 0.3) is 0 Å². The van der Waals surface area contributed by atoms with E-state index in [0.29, 0.717) is 17.2 Å². The molecule has 0 fully saturated rings. The first-order valence-corrected chi connectivity index (χ1v) is 7.98. The fraction of sp³-hybridized carbons (Fsp3) is 0.0769.